The van der Waals surface area contributed by atoms with Gasteiger partial charge in [-0.25, -0.2) is 0 Å². The average Bonchev–Trinajstić information content (AvgIpc) is 2.95. The Kier molecular flexibility index (Phi) is 10.1. The molecule has 0 aliphatic carbocycles. The third-order valence-electron chi connectivity index (χ3n) is 5.56. The number of anilines is 1. The van der Waals surface area contributed by atoms with Crippen molar-refractivity contribution < 1.29 is 33.2 Å². The normalized spacial score (nSPS) is 10.9. The van der Waals surface area contributed by atoms with Gasteiger partial charge in [0.1, 0.15) is 0 Å². The number of rotatable bonds is 12. The van der Waals surface area contributed by atoms with E-state index in [9.17, 15) is 4.79 Å². The fourth-order valence-corrected chi connectivity index (χ4v) is 4.38. The number of ketones is 1. The second kappa shape index (κ2) is 13.4. The number of ether oxygens (including phenoxy) is 6. The van der Waals surface area contributed by atoms with Crippen molar-refractivity contribution in [3.05, 3.63) is 75.9 Å². The summed E-state index contributed by atoms with van der Waals surface area (Å²) in [6, 6.07) is 13.1. The van der Waals surface area contributed by atoms with Gasteiger partial charge in [0, 0.05) is 23.5 Å². The molecule has 8 nitrogen and oxygen atoms in total. The van der Waals surface area contributed by atoms with Gasteiger partial charge in [-0.2, -0.15) is 0 Å². The lowest BCUT2D eigenvalue weighted by Gasteiger charge is -2.15. The molecule has 0 saturated carbocycles. The Balaban J connectivity index is 1.77. The van der Waals surface area contributed by atoms with Gasteiger partial charge in [0.25, 0.3) is 0 Å². The molecule has 0 heterocycles. The Morgan fingerprint density at radius 2 is 1.29 bits per heavy atom. The minimum absolute atomic E-state index is 0.248. The molecule has 0 aromatic heterocycles. The van der Waals surface area contributed by atoms with Gasteiger partial charge < -0.3 is 33.7 Å². The zero-order valence-corrected chi connectivity index (χ0v) is 23.7. The van der Waals surface area contributed by atoms with Gasteiger partial charge in [-0.05, 0) is 57.4 Å². The lowest BCUT2D eigenvalue weighted by atomic mass is 10.1. The van der Waals surface area contributed by atoms with E-state index < -0.39 is 0 Å². The number of hydrogen-bond donors (Lipinski definition) is 1. The fraction of sp³-hybridized carbons (Fsp3) is 0.207. The molecule has 0 unspecified atom stereocenters. The minimum Gasteiger partial charge on any atom is -0.493 e. The highest BCUT2D eigenvalue weighted by atomic mass is 79.9. The van der Waals surface area contributed by atoms with Crippen molar-refractivity contribution >= 4 is 39.6 Å². The van der Waals surface area contributed by atoms with Gasteiger partial charge in [0.2, 0.25) is 11.5 Å². The average molecular weight is 584 g/mol. The van der Waals surface area contributed by atoms with Crippen LogP contribution >= 0.6 is 15.9 Å². The Labute approximate surface area is 230 Å². The number of carbonyl (C=O) groups is 1. The van der Waals surface area contributed by atoms with Crippen LogP contribution in [0.15, 0.2) is 59.2 Å². The molecule has 0 aliphatic rings. The summed E-state index contributed by atoms with van der Waals surface area (Å²) in [5, 5.41) is 3.14. The first-order chi connectivity index (χ1) is 18.4. The summed E-state index contributed by atoms with van der Waals surface area (Å²) in [7, 11) is 9.24. The van der Waals surface area contributed by atoms with E-state index in [-0.39, 0.29) is 5.78 Å². The van der Waals surface area contributed by atoms with E-state index in [0.29, 0.717) is 44.5 Å². The zero-order chi connectivity index (χ0) is 27.7. The molecule has 0 amide bonds. The largest absolute Gasteiger partial charge is 0.493 e. The van der Waals surface area contributed by atoms with Crippen molar-refractivity contribution in [1.82, 2.24) is 0 Å². The number of carbonyl (C=O) groups excluding carboxylic acids is 1. The van der Waals surface area contributed by atoms with E-state index in [4.69, 9.17) is 28.4 Å². The van der Waals surface area contributed by atoms with Crippen LogP contribution in [-0.4, -0.2) is 48.4 Å². The molecule has 0 fully saturated rings. The Morgan fingerprint density at radius 1 is 0.711 bits per heavy atom. The molecule has 0 aliphatic heterocycles. The molecule has 0 saturated heterocycles. The van der Waals surface area contributed by atoms with Crippen LogP contribution in [0.4, 0.5) is 5.69 Å². The van der Waals surface area contributed by atoms with Gasteiger partial charge in [-0.3, -0.25) is 4.79 Å². The van der Waals surface area contributed by atoms with Crippen molar-refractivity contribution in [2.24, 2.45) is 0 Å². The summed E-state index contributed by atoms with van der Waals surface area (Å²) in [5.74, 6) is 2.62. The molecule has 0 spiro atoms. The molecule has 3 aromatic rings. The van der Waals surface area contributed by atoms with Crippen LogP contribution in [0.1, 0.15) is 21.5 Å². The molecule has 3 rings (SSSR count). The van der Waals surface area contributed by atoms with Crippen molar-refractivity contribution in [2.45, 2.75) is 0 Å². The van der Waals surface area contributed by atoms with E-state index >= 15 is 0 Å². The summed E-state index contributed by atoms with van der Waals surface area (Å²) in [4.78, 5) is 12.9. The predicted octanol–water partition coefficient (Wildman–Crippen LogP) is 6.48. The van der Waals surface area contributed by atoms with Crippen LogP contribution in [0.25, 0.3) is 12.2 Å². The molecular formula is C29H30BrNO7. The molecule has 9 heteroatoms. The van der Waals surface area contributed by atoms with E-state index in [1.165, 1.54) is 27.4 Å². The maximum absolute atomic E-state index is 12.9. The Hall–Kier alpha value is -4.11. The van der Waals surface area contributed by atoms with Crippen LogP contribution in [0.5, 0.6) is 34.5 Å². The van der Waals surface area contributed by atoms with Crippen molar-refractivity contribution in [1.29, 1.82) is 0 Å². The van der Waals surface area contributed by atoms with Gasteiger partial charge in [0.15, 0.2) is 28.8 Å². The standard InChI is InChI=1S/C29H30BrNO7/c1-33-23-15-19(16-24(34-2)27(23)36-4)11-10-18-8-7-9-20(14-18)31-13-12-22(32)21-17-25(35-3)28(37-5)29(38-6)26(21)30/h7-17,31H,1-6H3/b11-10?,13-12-. The van der Waals surface area contributed by atoms with Crippen LogP contribution in [0, 0.1) is 0 Å². The molecular weight excluding hydrogens is 554 g/mol. The number of allylic oxidation sites excluding steroid dienone is 1. The molecule has 0 radical (unpaired) electrons. The molecule has 0 bridgehead atoms. The molecule has 3 aromatic carbocycles. The summed E-state index contributed by atoms with van der Waals surface area (Å²) in [5.41, 5.74) is 3.03. The fourth-order valence-electron chi connectivity index (χ4n) is 3.73. The molecule has 38 heavy (non-hydrogen) atoms. The second-order valence-electron chi connectivity index (χ2n) is 7.77. The number of hydrogen-bond acceptors (Lipinski definition) is 8. The first-order valence-corrected chi connectivity index (χ1v) is 12.2. The lowest BCUT2D eigenvalue weighted by Crippen LogP contribution is -2.03. The third-order valence-corrected chi connectivity index (χ3v) is 6.35. The molecule has 0 atom stereocenters. The van der Waals surface area contributed by atoms with E-state index in [1.807, 2.05) is 48.6 Å². The number of nitrogens with one attached hydrogen (secondary N) is 1. The van der Waals surface area contributed by atoms with Crippen molar-refractivity contribution in [3.8, 4) is 34.5 Å². The first kappa shape index (κ1) is 28.5. The highest BCUT2D eigenvalue weighted by Gasteiger charge is 2.21. The van der Waals surface area contributed by atoms with Crippen LogP contribution in [0.3, 0.4) is 0 Å². The van der Waals surface area contributed by atoms with E-state index in [1.54, 1.807) is 33.6 Å². The minimum atomic E-state index is -0.248. The maximum Gasteiger partial charge on any atom is 0.204 e. The quantitative estimate of drug-likeness (QED) is 0.147. The SMILES string of the molecule is COc1cc(C=Cc2cccc(N/C=C\C(=O)c3cc(OC)c(OC)c(OC)c3Br)c2)cc(OC)c1OC. The van der Waals surface area contributed by atoms with Crippen LogP contribution in [-0.2, 0) is 0 Å². The highest BCUT2D eigenvalue weighted by molar-refractivity contribution is 9.10. The molecule has 200 valence electrons. The summed E-state index contributed by atoms with van der Waals surface area (Å²) in [6.07, 6.45) is 6.93. The van der Waals surface area contributed by atoms with Gasteiger partial charge in [-0.1, -0.05) is 24.3 Å². The zero-order valence-electron chi connectivity index (χ0n) is 22.1. The number of halogens is 1. The monoisotopic (exact) mass is 583 g/mol. The van der Waals surface area contributed by atoms with Crippen LogP contribution in [0.2, 0.25) is 0 Å². The molecule has 1 N–H and O–H groups in total. The second-order valence-corrected chi connectivity index (χ2v) is 8.56. The topological polar surface area (TPSA) is 84.5 Å². The highest BCUT2D eigenvalue weighted by Crippen LogP contribution is 2.45. The first-order valence-electron chi connectivity index (χ1n) is 11.4. The van der Waals surface area contributed by atoms with Crippen molar-refractivity contribution in [2.75, 3.05) is 48.0 Å². The predicted molar refractivity (Wildman–Crippen MR) is 152 cm³/mol. The van der Waals surface area contributed by atoms with E-state index in [2.05, 4.69) is 21.2 Å². The number of benzene rings is 3. The van der Waals surface area contributed by atoms with Crippen LogP contribution < -0.4 is 33.7 Å². The van der Waals surface area contributed by atoms with Gasteiger partial charge in [0.05, 0.1) is 47.1 Å². The Morgan fingerprint density at radius 3 is 1.87 bits per heavy atom. The van der Waals surface area contributed by atoms with Gasteiger partial charge >= 0.3 is 0 Å². The Bertz CT molecular complexity index is 1330. The maximum atomic E-state index is 12.9. The van der Waals surface area contributed by atoms with Crippen molar-refractivity contribution in [3.63, 3.8) is 0 Å². The smallest absolute Gasteiger partial charge is 0.204 e. The summed E-state index contributed by atoms with van der Waals surface area (Å²) >= 11 is 3.44. The number of methoxy groups -OCH3 is 6. The van der Waals surface area contributed by atoms with Gasteiger partial charge in [-0.15, -0.1) is 0 Å². The van der Waals surface area contributed by atoms with E-state index in [0.717, 1.165) is 16.8 Å². The summed E-state index contributed by atoms with van der Waals surface area (Å²) in [6.45, 7) is 0. The lowest BCUT2D eigenvalue weighted by molar-refractivity contribution is 0.104. The third kappa shape index (κ3) is 6.41. The summed E-state index contributed by atoms with van der Waals surface area (Å²) < 4.78 is 32.8.